The molecule has 0 aliphatic heterocycles. The molecule has 1 N–H and O–H groups in total. The molecule has 144 valence electrons. The monoisotopic (exact) mass is 390 g/mol. The maximum absolute atomic E-state index is 12.5. The van der Waals surface area contributed by atoms with E-state index in [9.17, 15) is 4.79 Å². The van der Waals surface area contributed by atoms with E-state index >= 15 is 0 Å². The van der Waals surface area contributed by atoms with Gasteiger partial charge >= 0.3 is 0 Å². The van der Waals surface area contributed by atoms with Gasteiger partial charge in [-0.05, 0) is 42.5 Å². The molecule has 0 atom stereocenters. The minimum atomic E-state index is 0.0354. The predicted octanol–water partition coefficient (Wildman–Crippen LogP) is 5.20. The number of hydrogen-bond donors (Lipinski definition) is 1. The van der Waals surface area contributed by atoms with Crippen molar-refractivity contribution in [2.75, 3.05) is 13.1 Å². The number of nitrogens with one attached hydrogen (secondary N) is 1. The van der Waals surface area contributed by atoms with Gasteiger partial charge in [0.05, 0.1) is 4.88 Å². The van der Waals surface area contributed by atoms with Crippen LogP contribution in [0, 0.1) is 0 Å². The van der Waals surface area contributed by atoms with Gasteiger partial charge in [0.2, 0.25) is 0 Å². The van der Waals surface area contributed by atoms with Crippen molar-refractivity contribution in [1.82, 2.24) is 10.2 Å². The van der Waals surface area contributed by atoms with E-state index in [1.54, 1.807) is 11.3 Å². The Morgan fingerprint density at radius 3 is 2.39 bits per heavy atom. The van der Waals surface area contributed by atoms with E-state index in [0.29, 0.717) is 0 Å². The SMILES string of the molecule is O=C(NCCCN(Cc1ccccc1)C1CC1)c1ccc(-c2ccccc2)s1. The first-order valence-electron chi connectivity index (χ1n) is 10.0. The highest BCUT2D eigenvalue weighted by Gasteiger charge is 2.28. The van der Waals surface area contributed by atoms with Crippen molar-refractivity contribution in [2.24, 2.45) is 0 Å². The number of thiophene rings is 1. The molecule has 0 unspecified atom stereocenters. The Morgan fingerprint density at radius 2 is 1.68 bits per heavy atom. The molecule has 0 spiro atoms. The van der Waals surface area contributed by atoms with Gasteiger partial charge < -0.3 is 5.32 Å². The first-order valence-corrected chi connectivity index (χ1v) is 10.8. The van der Waals surface area contributed by atoms with Crippen LogP contribution in [-0.4, -0.2) is 29.9 Å². The van der Waals surface area contributed by atoms with E-state index in [0.717, 1.165) is 47.4 Å². The lowest BCUT2D eigenvalue weighted by atomic mass is 10.2. The summed E-state index contributed by atoms with van der Waals surface area (Å²) in [7, 11) is 0. The van der Waals surface area contributed by atoms with Gasteiger partial charge in [-0.15, -0.1) is 11.3 Å². The van der Waals surface area contributed by atoms with E-state index in [1.165, 1.54) is 18.4 Å². The van der Waals surface area contributed by atoms with E-state index in [2.05, 4.69) is 52.7 Å². The lowest BCUT2D eigenvalue weighted by Crippen LogP contribution is -2.30. The first kappa shape index (κ1) is 18.9. The molecule has 3 nitrogen and oxygen atoms in total. The topological polar surface area (TPSA) is 32.3 Å². The van der Waals surface area contributed by atoms with Crippen LogP contribution in [-0.2, 0) is 6.54 Å². The zero-order chi connectivity index (χ0) is 19.2. The fourth-order valence-corrected chi connectivity index (χ4v) is 4.36. The van der Waals surface area contributed by atoms with Crippen LogP contribution in [0.4, 0.5) is 0 Å². The summed E-state index contributed by atoms with van der Waals surface area (Å²) >= 11 is 1.55. The zero-order valence-electron chi connectivity index (χ0n) is 16.0. The Morgan fingerprint density at radius 1 is 0.964 bits per heavy atom. The largest absolute Gasteiger partial charge is 0.351 e. The molecular weight excluding hydrogens is 364 g/mol. The number of carbonyl (C=O) groups is 1. The highest BCUT2D eigenvalue weighted by molar-refractivity contribution is 7.17. The van der Waals surface area contributed by atoms with E-state index < -0.39 is 0 Å². The molecule has 1 heterocycles. The van der Waals surface area contributed by atoms with Gasteiger partial charge in [0.15, 0.2) is 0 Å². The van der Waals surface area contributed by atoms with Crippen molar-refractivity contribution in [1.29, 1.82) is 0 Å². The summed E-state index contributed by atoms with van der Waals surface area (Å²) in [5.41, 5.74) is 2.53. The molecule has 2 aromatic carbocycles. The second-order valence-corrected chi connectivity index (χ2v) is 8.41. The zero-order valence-corrected chi connectivity index (χ0v) is 16.8. The molecule has 28 heavy (non-hydrogen) atoms. The van der Waals surface area contributed by atoms with Gasteiger partial charge in [0.25, 0.3) is 5.91 Å². The summed E-state index contributed by atoms with van der Waals surface area (Å²) < 4.78 is 0. The van der Waals surface area contributed by atoms with Crippen molar-refractivity contribution in [3.05, 3.63) is 83.2 Å². The van der Waals surface area contributed by atoms with Crippen LogP contribution in [0.1, 0.15) is 34.5 Å². The number of hydrogen-bond acceptors (Lipinski definition) is 3. The Bertz CT molecular complexity index is 887. The van der Waals surface area contributed by atoms with E-state index in [-0.39, 0.29) is 5.91 Å². The lowest BCUT2D eigenvalue weighted by Gasteiger charge is -2.22. The third kappa shape index (κ3) is 5.09. The average molecular weight is 391 g/mol. The summed E-state index contributed by atoms with van der Waals surface area (Å²) in [4.78, 5) is 16.9. The molecule has 1 aromatic heterocycles. The van der Waals surface area contributed by atoms with Crippen molar-refractivity contribution >= 4 is 17.2 Å². The summed E-state index contributed by atoms with van der Waals surface area (Å²) in [5.74, 6) is 0.0354. The van der Waals surface area contributed by atoms with Crippen LogP contribution in [0.25, 0.3) is 10.4 Å². The minimum absolute atomic E-state index is 0.0354. The molecule has 0 saturated heterocycles. The predicted molar refractivity (Wildman–Crippen MR) is 117 cm³/mol. The van der Waals surface area contributed by atoms with Crippen LogP contribution < -0.4 is 5.32 Å². The van der Waals surface area contributed by atoms with Gasteiger partial charge in [0.1, 0.15) is 0 Å². The molecule has 4 rings (SSSR count). The highest BCUT2D eigenvalue weighted by Crippen LogP contribution is 2.29. The first-order chi connectivity index (χ1) is 13.8. The Balaban J connectivity index is 1.24. The summed E-state index contributed by atoms with van der Waals surface area (Å²) in [6.45, 7) is 2.75. The molecule has 1 fully saturated rings. The Hall–Kier alpha value is -2.43. The second-order valence-electron chi connectivity index (χ2n) is 7.33. The standard InChI is InChI=1S/C24H26N2OS/c27-24(23-15-14-22(28-23)20-10-5-2-6-11-20)25-16-7-17-26(21-12-13-21)18-19-8-3-1-4-9-19/h1-6,8-11,14-15,21H,7,12-13,16-18H2,(H,25,27). The Labute approximate surface area is 171 Å². The van der Waals surface area contributed by atoms with Crippen LogP contribution in [0.3, 0.4) is 0 Å². The van der Waals surface area contributed by atoms with Gasteiger partial charge in [-0.2, -0.15) is 0 Å². The van der Waals surface area contributed by atoms with Crippen LogP contribution in [0.2, 0.25) is 0 Å². The van der Waals surface area contributed by atoms with Crippen molar-refractivity contribution in [3.63, 3.8) is 0 Å². The summed E-state index contributed by atoms with van der Waals surface area (Å²) in [6.07, 6.45) is 3.58. The van der Waals surface area contributed by atoms with E-state index in [1.807, 2.05) is 30.3 Å². The quantitative estimate of drug-likeness (QED) is 0.509. The van der Waals surface area contributed by atoms with Crippen molar-refractivity contribution in [3.8, 4) is 10.4 Å². The molecule has 0 bridgehead atoms. The molecule has 0 radical (unpaired) electrons. The number of rotatable bonds is 9. The Kier molecular flexibility index (Phi) is 6.20. The number of carbonyl (C=O) groups excluding carboxylic acids is 1. The minimum Gasteiger partial charge on any atom is -0.351 e. The van der Waals surface area contributed by atoms with Gasteiger partial charge in [-0.3, -0.25) is 9.69 Å². The fourth-order valence-electron chi connectivity index (χ4n) is 3.44. The average Bonchev–Trinajstić information content (AvgIpc) is 3.47. The normalized spacial score (nSPS) is 13.6. The van der Waals surface area contributed by atoms with Crippen molar-refractivity contribution < 1.29 is 4.79 Å². The fraction of sp³-hybridized carbons (Fsp3) is 0.292. The molecular formula is C24H26N2OS. The maximum atomic E-state index is 12.5. The number of nitrogens with zero attached hydrogens (tertiary/aromatic N) is 1. The van der Waals surface area contributed by atoms with Crippen LogP contribution >= 0.6 is 11.3 Å². The maximum Gasteiger partial charge on any atom is 0.261 e. The van der Waals surface area contributed by atoms with Crippen LogP contribution in [0.5, 0.6) is 0 Å². The number of amides is 1. The molecule has 4 heteroatoms. The molecule has 1 aliphatic rings. The second kappa shape index (κ2) is 9.18. The molecule has 1 amide bonds. The smallest absolute Gasteiger partial charge is 0.261 e. The van der Waals surface area contributed by atoms with Gasteiger partial charge in [0, 0.05) is 30.6 Å². The molecule has 1 saturated carbocycles. The third-order valence-electron chi connectivity index (χ3n) is 5.09. The number of benzene rings is 2. The highest BCUT2D eigenvalue weighted by atomic mass is 32.1. The lowest BCUT2D eigenvalue weighted by molar-refractivity contribution is 0.0955. The molecule has 1 aliphatic carbocycles. The summed E-state index contributed by atoms with van der Waals surface area (Å²) in [6, 6.07) is 25.5. The van der Waals surface area contributed by atoms with Gasteiger partial charge in [-0.25, -0.2) is 0 Å². The van der Waals surface area contributed by atoms with Crippen LogP contribution in [0.15, 0.2) is 72.8 Å². The van der Waals surface area contributed by atoms with Gasteiger partial charge in [-0.1, -0.05) is 60.7 Å². The van der Waals surface area contributed by atoms with E-state index in [4.69, 9.17) is 0 Å². The van der Waals surface area contributed by atoms with Crippen molar-refractivity contribution in [2.45, 2.75) is 31.8 Å². The summed E-state index contributed by atoms with van der Waals surface area (Å²) in [5, 5.41) is 3.09. The third-order valence-corrected chi connectivity index (χ3v) is 6.22. The molecule has 3 aromatic rings.